The van der Waals surface area contributed by atoms with Crippen LogP contribution in [0, 0.1) is 0 Å². The standard InChI is InChI=1S/C38H51N7O7/c1-4-5-10-30(39-2)22-45(20-19-44(23-31-11-6-8-17-40-31)24-32-12-7-9-18-41-32)26-35(49)42-29-15-13-28(14-16-29)21-36(50)43(3)25-33(47)37(51)38(52)34(48)27-46/h4-18,33-34,37-38,46-48,51-52H,2,19-27H2,1,3H3,(H,42,49)/b5-4-,30-10-/t33-,34+,37+,38+/m0/s1. The Morgan fingerprint density at radius 1 is 0.865 bits per heavy atom. The lowest BCUT2D eigenvalue weighted by molar-refractivity contribution is -0.137. The van der Waals surface area contributed by atoms with Crippen LogP contribution in [0.5, 0.6) is 0 Å². The summed E-state index contributed by atoms with van der Waals surface area (Å²) >= 11 is 0. The van der Waals surface area contributed by atoms with Crippen molar-refractivity contribution < 1.29 is 35.1 Å². The molecule has 2 amide bonds. The minimum Gasteiger partial charge on any atom is -0.394 e. The molecule has 0 saturated heterocycles. The molecule has 6 N–H and O–H groups in total. The van der Waals surface area contributed by atoms with Gasteiger partial charge in [0.1, 0.15) is 24.4 Å². The lowest BCUT2D eigenvalue weighted by Gasteiger charge is -2.28. The van der Waals surface area contributed by atoms with Crippen molar-refractivity contribution in [3.63, 3.8) is 0 Å². The summed E-state index contributed by atoms with van der Waals surface area (Å²) in [5.41, 5.74) is 3.76. The highest BCUT2D eigenvalue weighted by Gasteiger charge is 2.31. The zero-order chi connectivity index (χ0) is 37.9. The van der Waals surface area contributed by atoms with Crippen LogP contribution in [0.2, 0.25) is 0 Å². The Balaban J connectivity index is 1.63. The van der Waals surface area contributed by atoms with Crippen LogP contribution in [-0.4, -0.2) is 140 Å². The van der Waals surface area contributed by atoms with Gasteiger partial charge in [-0.05, 0) is 61.7 Å². The molecule has 0 unspecified atom stereocenters. The first kappa shape index (κ1) is 41.7. The average molecular weight is 718 g/mol. The molecule has 14 nitrogen and oxygen atoms in total. The highest BCUT2D eigenvalue weighted by Crippen LogP contribution is 2.14. The Kier molecular flexibility index (Phi) is 17.9. The van der Waals surface area contributed by atoms with Gasteiger partial charge in [-0.15, -0.1) is 0 Å². The molecule has 0 spiro atoms. The van der Waals surface area contributed by atoms with Gasteiger partial charge in [0.15, 0.2) is 0 Å². The monoisotopic (exact) mass is 717 g/mol. The lowest BCUT2D eigenvalue weighted by atomic mass is 10.0. The second-order valence-electron chi connectivity index (χ2n) is 12.4. The summed E-state index contributed by atoms with van der Waals surface area (Å²) in [7, 11) is 1.44. The number of aromatic nitrogens is 2. The summed E-state index contributed by atoms with van der Waals surface area (Å²) < 4.78 is 0. The number of amides is 2. The van der Waals surface area contributed by atoms with E-state index in [0.29, 0.717) is 49.7 Å². The van der Waals surface area contributed by atoms with Crippen LogP contribution in [0.1, 0.15) is 23.9 Å². The summed E-state index contributed by atoms with van der Waals surface area (Å²) in [6, 6.07) is 18.4. The Morgan fingerprint density at radius 2 is 1.46 bits per heavy atom. The average Bonchev–Trinajstić information content (AvgIpc) is 3.15. The Hall–Kier alpha value is -4.67. The van der Waals surface area contributed by atoms with E-state index in [1.807, 2.05) is 66.4 Å². The summed E-state index contributed by atoms with van der Waals surface area (Å²) in [6.07, 6.45) is 2.41. The fourth-order valence-electron chi connectivity index (χ4n) is 5.22. The van der Waals surface area contributed by atoms with E-state index in [9.17, 15) is 30.0 Å². The molecule has 0 fully saturated rings. The molecule has 0 saturated carbocycles. The number of carbonyl (C=O) groups is 2. The van der Waals surface area contributed by atoms with Gasteiger partial charge in [0.2, 0.25) is 11.8 Å². The van der Waals surface area contributed by atoms with Crippen molar-refractivity contribution in [3.8, 4) is 0 Å². The van der Waals surface area contributed by atoms with Crippen molar-refractivity contribution in [2.45, 2.75) is 50.8 Å². The highest BCUT2D eigenvalue weighted by molar-refractivity contribution is 5.92. The maximum Gasteiger partial charge on any atom is 0.238 e. The predicted molar refractivity (Wildman–Crippen MR) is 199 cm³/mol. The number of rotatable bonds is 22. The molecule has 2 aromatic heterocycles. The number of aliphatic hydroxyl groups excluding tert-OH is 5. The van der Waals surface area contributed by atoms with E-state index in [1.165, 1.54) is 11.9 Å². The van der Waals surface area contributed by atoms with Gasteiger partial charge in [0.25, 0.3) is 0 Å². The third-order valence-corrected chi connectivity index (χ3v) is 8.20. The molecule has 0 bridgehead atoms. The van der Waals surface area contributed by atoms with Crippen molar-refractivity contribution in [2.24, 2.45) is 4.99 Å². The Morgan fingerprint density at radius 3 is 2.00 bits per heavy atom. The van der Waals surface area contributed by atoms with Crippen molar-refractivity contribution in [1.82, 2.24) is 24.7 Å². The molecule has 0 radical (unpaired) electrons. The van der Waals surface area contributed by atoms with Gasteiger partial charge >= 0.3 is 0 Å². The molecular weight excluding hydrogens is 666 g/mol. The summed E-state index contributed by atoms with van der Waals surface area (Å²) in [5.74, 6) is -0.603. The number of allylic oxidation sites excluding steroid dienone is 3. The van der Waals surface area contributed by atoms with Crippen molar-refractivity contribution in [1.29, 1.82) is 0 Å². The normalized spacial score (nSPS) is 14.3. The Labute approximate surface area is 305 Å². The number of pyridine rings is 2. The number of aliphatic hydroxyl groups is 5. The summed E-state index contributed by atoms with van der Waals surface area (Å²) in [5, 5.41) is 51.5. The number of anilines is 1. The third kappa shape index (κ3) is 14.5. The second kappa shape index (κ2) is 22.3. The van der Waals surface area contributed by atoms with Crippen molar-refractivity contribution in [2.75, 3.05) is 51.7 Å². The molecule has 0 aliphatic rings. The van der Waals surface area contributed by atoms with E-state index in [-0.39, 0.29) is 31.3 Å². The molecular formula is C38H51N7O7. The highest BCUT2D eigenvalue weighted by atomic mass is 16.4. The minimum atomic E-state index is -1.78. The van der Waals surface area contributed by atoms with Crippen LogP contribution in [0.25, 0.3) is 0 Å². The number of hydrogen-bond donors (Lipinski definition) is 6. The first-order chi connectivity index (χ1) is 25.0. The molecule has 4 atom stereocenters. The number of hydrogen-bond acceptors (Lipinski definition) is 12. The zero-order valence-electron chi connectivity index (χ0n) is 29.8. The number of likely N-dealkylation sites (N-methyl/N-ethyl adjacent to an activating group) is 1. The largest absolute Gasteiger partial charge is 0.394 e. The van der Waals surface area contributed by atoms with Gasteiger partial charge in [-0.3, -0.25) is 34.3 Å². The van der Waals surface area contributed by atoms with Gasteiger partial charge in [0.05, 0.1) is 36.7 Å². The minimum absolute atomic E-state index is 0.0213. The predicted octanol–water partition coefficient (Wildman–Crippen LogP) is 1.02. The van der Waals surface area contributed by atoms with Gasteiger partial charge in [0, 0.05) is 64.4 Å². The number of nitrogens with zero attached hydrogens (tertiary/aromatic N) is 6. The number of carbonyl (C=O) groups excluding carboxylic acids is 2. The number of aliphatic imine (C=N–C) groups is 1. The van der Waals surface area contributed by atoms with Gasteiger partial charge in [-0.2, -0.15) is 0 Å². The molecule has 2 heterocycles. The van der Waals surface area contributed by atoms with Crippen LogP contribution in [0.3, 0.4) is 0 Å². The number of nitrogens with one attached hydrogen (secondary N) is 1. The van der Waals surface area contributed by atoms with Crippen LogP contribution in [-0.2, 0) is 29.1 Å². The number of benzene rings is 1. The fourth-order valence-corrected chi connectivity index (χ4v) is 5.22. The molecule has 0 aliphatic heterocycles. The molecule has 1 aromatic carbocycles. The summed E-state index contributed by atoms with van der Waals surface area (Å²) in [6.45, 7) is 7.34. The zero-order valence-corrected chi connectivity index (χ0v) is 29.8. The van der Waals surface area contributed by atoms with E-state index < -0.39 is 31.0 Å². The van der Waals surface area contributed by atoms with Gasteiger partial charge in [-0.1, -0.05) is 36.4 Å². The fraction of sp³-hybridized carbons (Fsp3) is 0.395. The first-order valence-corrected chi connectivity index (χ1v) is 17.0. The van der Waals surface area contributed by atoms with E-state index in [0.717, 1.165) is 11.4 Å². The topological polar surface area (TPSA) is 195 Å². The van der Waals surface area contributed by atoms with Crippen molar-refractivity contribution >= 4 is 24.2 Å². The molecule has 14 heteroatoms. The third-order valence-electron chi connectivity index (χ3n) is 8.20. The molecule has 3 aromatic rings. The van der Waals surface area contributed by atoms with E-state index >= 15 is 0 Å². The van der Waals surface area contributed by atoms with Gasteiger partial charge in [-0.25, -0.2) is 0 Å². The van der Waals surface area contributed by atoms with Crippen LogP contribution >= 0.6 is 0 Å². The Bertz CT molecular complexity index is 1530. The van der Waals surface area contributed by atoms with Crippen molar-refractivity contribution in [3.05, 3.63) is 114 Å². The van der Waals surface area contributed by atoms with E-state index in [4.69, 9.17) is 5.11 Å². The SMILES string of the molecule is C=N/C(=C\C=C/C)CN(CCN(Cc1ccccn1)Cc1ccccn1)CC(=O)Nc1ccc(CC(=O)N(C)C[C@H](O)[C@@H](O)[C@H](O)[C@H](O)CO)cc1. The van der Waals surface area contributed by atoms with E-state index in [1.54, 1.807) is 36.7 Å². The molecule has 0 aliphatic carbocycles. The summed E-state index contributed by atoms with van der Waals surface area (Å²) in [4.78, 5) is 44.7. The molecule has 280 valence electrons. The maximum absolute atomic E-state index is 13.3. The lowest BCUT2D eigenvalue weighted by Crippen LogP contribution is -2.50. The quantitative estimate of drug-likeness (QED) is 0.0642. The molecule has 3 rings (SSSR count). The van der Waals surface area contributed by atoms with Crippen LogP contribution in [0.4, 0.5) is 5.69 Å². The van der Waals surface area contributed by atoms with Crippen LogP contribution < -0.4 is 5.32 Å². The maximum atomic E-state index is 13.3. The molecule has 52 heavy (non-hydrogen) atoms. The van der Waals surface area contributed by atoms with Gasteiger partial charge < -0.3 is 35.7 Å². The van der Waals surface area contributed by atoms with E-state index in [2.05, 4.69) is 31.9 Å². The van der Waals surface area contributed by atoms with Crippen LogP contribution in [0.15, 0.2) is 102 Å². The smallest absolute Gasteiger partial charge is 0.238 e. The first-order valence-electron chi connectivity index (χ1n) is 17.0. The second-order valence-corrected chi connectivity index (χ2v) is 12.4.